The zero-order valence-electron chi connectivity index (χ0n) is 15.3. The summed E-state index contributed by atoms with van der Waals surface area (Å²) in [7, 11) is 1.96. The van der Waals surface area contributed by atoms with Crippen molar-refractivity contribution in [3.8, 4) is 11.5 Å². The molecule has 0 aliphatic carbocycles. The van der Waals surface area contributed by atoms with Crippen molar-refractivity contribution in [3.05, 3.63) is 23.8 Å². The summed E-state index contributed by atoms with van der Waals surface area (Å²) in [6.07, 6.45) is 9.82. The van der Waals surface area contributed by atoms with Gasteiger partial charge in [0.05, 0.1) is 13.2 Å². The topological polar surface area (TPSA) is 30.5 Å². The molecule has 0 aliphatic rings. The lowest BCUT2D eigenvalue weighted by molar-refractivity contribution is 0.288. The number of rotatable bonds is 14. The molecule has 0 saturated carbocycles. The zero-order valence-corrected chi connectivity index (χ0v) is 15.3. The Kier molecular flexibility index (Phi) is 11.4. The van der Waals surface area contributed by atoms with Crippen molar-refractivity contribution in [2.75, 3.05) is 20.3 Å². The molecule has 0 heterocycles. The molecule has 0 aromatic heterocycles. The Morgan fingerprint density at radius 3 is 2.09 bits per heavy atom. The molecule has 1 N–H and O–H groups in total. The van der Waals surface area contributed by atoms with Crippen molar-refractivity contribution in [3.63, 3.8) is 0 Å². The fourth-order valence-corrected chi connectivity index (χ4v) is 2.53. The molecule has 0 aliphatic heterocycles. The minimum absolute atomic E-state index is 0.788. The second kappa shape index (κ2) is 13.2. The lowest BCUT2D eigenvalue weighted by Crippen LogP contribution is -2.08. The van der Waals surface area contributed by atoms with Crippen LogP contribution in [0.1, 0.15) is 70.8 Å². The molecule has 0 saturated heterocycles. The Balaban J connectivity index is 2.48. The molecule has 23 heavy (non-hydrogen) atoms. The lowest BCUT2D eigenvalue weighted by atomic mass is 10.2. The molecular weight excluding hydrogens is 286 g/mol. The summed E-state index contributed by atoms with van der Waals surface area (Å²) in [6.45, 7) is 6.86. The van der Waals surface area contributed by atoms with Gasteiger partial charge in [0.1, 0.15) is 11.5 Å². The van der Waals surface area contributed by atoms with Gasteiger partial charge < -0.3 is 14.8 Å². The van der Waals surface area contributed by atoms with Crippen LogP contribution in [0, 0.1) is 0 Å². The Hall–Kier alpha value is -1.22. The summed E-state index contributed by atoms with van der Waals surface area (Å²) in [4.78, 5) is 0. The van der Waals surface area contributed by atoms with E-state index in [0.29, 0.717) is 0 Å². The van der Waals surface area contributed by atoms with Gasteiger partial charge in [-0.05, 0) is 26.0 Å². The number of nitrogens with one attached hydrogen (secondary N) is 1. The number of hydrogen-bond acceptors (Lipinski definition) is 3. The van der Waals surface area contributed by atoms with Crippen LogP contribution in [0.2, 0.25) is 0 Å². The van der Waals surface area contributed by atoms with E-state index in [0.717, 1.165) is 44.1 Å². The van der Waals surface area contributed by atoms with Gasteiger partial charge in [-0.15, -0.1) is 0 Å². The van der Waals surface area contributed by atoms with Crippen LogP contribution >= 0.6 is 0 Å². The standard InChI is InChI=1S/C20H35NO2/c1-4-6-8-10-14-22-19-13-12-18(17-21-3)20(16-19)23-15-11-9-7-5-2/h12-13,16,21H,4-11,14-15,17H2,1-3H3. The highest BCUT2D eigenvalue weighted by Crippen LogP contribution is 2.25. The van der Waals surface area contributed by atoms with Crippen molar-refractivity contribution < 1.29 is 9.47 Å². The molecule has 1 rings (SSSR count). The van der Waals surface area contributed by atoms with E-state index in [1.54, 1.807) is 0 Å². The first-order valence-corrected chi connectivity index (χ1v) is 9.34. The van der Waals surface area contributed by atoms with Crippen molar-refractivity contribution in [2.24, 2.45) is 0 Å². The predicted octanol–water partition coefficient (Wildman–Crippen LogP) is 5.32. The maximum atomic E-state index is 6.00. The van der Waals surface area contributed by atoms with Gasteiger partial charge in [0.25, 0.3) is 0 Å². The molecule has 0 radical (unpaired) electrons. The van der Waals surface area contributed by atoms with Gasteiger partial charge in [-0.3, -0.25) is 0 Å². The normalized spacial score (nSPS) is 10.7. The van der Waals surface area contributed by atoms with Gasteiger partial charge in [0.15, 0.2) is 0 Å². The van der Waals surface area contributed by atoms with Crippen LogP contribution in [0.3, 0.4) is 0 Å². The summed E-state index contributed by atoms with van der Waals surface area (Å²) in [5.74, 6) is 1.88. The average Bonchev–Trinajstić information content (AvgIpc) is 2.56. The second-order valence-electron chi connectivity index (χ2n) is 6.12. The molecule has 0 bridgehead atoms. The molecule has 0 unspecified atom stereocenters. The first kappa shape index (κ1) is 19.8. The highest BCUT2D eigenvalue weighted by Gasteiger charge is 2.06. The van der Waals surface area contributed by atoms with E-state index in [9.17, 15) is 0 Å². The van der Waals surface area contributed by atoms with Gasteiger partial charge in [0.2, 0.25) is 0 Å². The van der Waals surface area contributed by atoms with Gasteiger partial charge in [-0.2, -0.15) is 0 Å². The van der Waals surface area contributed by atoms with Crippen molar-refractivity contribution in [1.82, 2.24) is 5.32 Å². The minimum atomic E-state index is 0.788. The van der Waals surface area contributed by atoms with E-state index in [4.69, 9.17) is 9.47 Å². The summed E-state index contributed by atoms with van der Waals surface area (Å²) in [6, 6.07) is 6.21. The highest BCUT2D eigenvalue weighted by atomic mass is 16.5. The third-order valence-corrected chi connectivity index (χ3v) is 3.93. The zero-order chi connectivity index (χ0) is 16.8. The summed E-state index contributed by atoms with van der Waals surface area (Å²) in [5, 5.41) is 3.20. The lowest BCUT2D eigenvalue weighted by Gasteiger charge is -2.14. The number of unbranched alkanes of at least 4 members (excludes halogenated alkanes) is 6. The summed E-state index contributed by atoms with van der Waals surface area (Å²) < 4.78 is 11.9. The summed E-state index contributed by atoms with van der Waals surface area (Å²) in [5.41, 5.74) is 1.20. The van der Waals surface area contributed by atoms with E-state index in [2.05, 4.69) is 31.3 Å². The van der Waals surface area contributed by atoms with E-state index < -0.39 is 0 Å². The molecule has 3 nitrogen and oxygen atoms in total. The average molecular weight is 322 g/mol. The van der Waals surface area contributed by atoms with Crippen LogP contribution in [0.4, 0.5) is 0 Å². The molecule has 3 heteroatoms. The van der Waals surface area contributed by atoms with Crippen LogP contribution in [-0.4, -0.2) is 20.3 Å². The highest BCUT2D eigenvalue weighted by molar-refractivity contribution is 5.40. The third-order valence-electron chi connectivity index (χ3n) is 3.93. The Labute approximate surface area is 142 Å². The largest absolute Gasteiger partial charge is 0.493 e. The number of ether oxygens (including phenoxy) is 2. The predicted molar refractivity (Wildman–Crippen MR) is 98.5 cm³/mol. The van der Waals surface area contributed by atoms with Crippen LogP contribution in [0.15, 0.2) is 18.2 Å². The molecule has 1 aromatic carbocycles. The molecule has 1 aromatic rings. The van der Waals surface area contributed by atoms with Gasteiger partial charge in [0, 0.05) is 18.2 Å². The van der Waals surface area contributed by atoms with Gasteiger partial charge in [-0.1, -0.05) is 58.4 Å². The van der Waals surface area contributed by atoms with Gasteiger partial charge in [-0.25, -0.2) is 0 Å². The first-order valence-electron chi connectivity index (χ1n) is 9.34. The Bertz CT molecular complexity index is 407. The first-order chi connectivity index (χ1) is 11.3. The van der Waals surface area contributed by atoms with Crippen molar-refractivity contribution in [1.29, 1.82) is 0 Å². The van der Waals surface area contributed by atoms with E-state index in [1.165, 1.54) is 44.1 Å². The molecule has 0 spiro atoms. The molecule has 0 amide bonds. The van der Waals surface area contributed by atoms with Crippen LogP contribution < -0.4 is 14.8 Å². The maximum Gasteiger partial charge on any atom is 0.127 e. The fourth-order valence-electron chi connectivity index (χ4n) is 2.53. The smallest absolute Gasteiger partial charge is 0.127 e. The molecular formula is C20H35NO2. The van der Waals surface area contributed by atoms with E-state index in [-0.39, 0.29) is 0 Å². The quantitative estimate of drug-likeness (QED) is 0.470. The van der Waals surface area contributed by atoms with Crippen molar-refractivity contribution >= 4 is 0 Å². The minimum Gasteiger partial charge on any atom is -0.493 e. The van der Waals surface area contributed by atoms with Crippen molar-refractivity contribution in [2.45, 2.75) is 71.8 Å². The van der Waals surface area contributed by atoms with E-state index >= 15 is 0 Å². The van der Waals surface area contributed by atoms with Crippen LogP contribution in [0.5, 0.6) is 11.5 Å². The number of benzene rings is 1. The monoisotopic (exact) mass is 321 g/mol. The Morgan fingerprint density at radius 2 is 1.48 bits per heavy atom. The van der Waals surface area contributed by atoms with E-state index in [1.807, 2.05) is 13.1 Å². The van der Waals surface area contributed by atoms with Gasteiger partial charge >= 0.3 is 0 Å². The van der Waals surface area contributed by atoms with Crippen LogP contribution in [0.25, 0.3) is 0 Å². The third kappa shape index (κ3) is 8.85. The van der Waals surface area contributed by atoms with Crippen LogP contribution in [-0.2, 0) is 6.54 Å². The molecule has 132 valence electrons. The summed E-state index contributed by atoms with van der Waals surface area (Å²) >= 11 is 0. The Morgan fingerprint density at radius 1 is 0.826 bits per heavy atom. The number of hydrogen-bond donors (Lipinski definition) is 1. The SMILES string of the molecule is CCCCCCOc1ccc(CNC)c(OCCCCCC)c1. The fraction of sp³-hybridized carbons (Fsp3) is 0.700. The second-order valence-corrected chi connectivity index (χ2v) is 6.12. The maximum absolute atomic E-state index is 6.00. The molecule has 0 atom stereocenters. The molecule has 0 fully saturated rings.